The van der Waals surface area contributed by atoms with Crippen molar-refractivity contribution in [2.75, 3.05) is 6.79 Å². The first kappa shape index (κ1) is 8.18. The topological polar surface area (TPSA) is 18.5 Å². The minimum Gasteiger partial charge on any atom is -0.458 e. The first-order valence-corrected chi connectivity index (χ1v) is 4.12. The van der Waals surface area contributed by atoms with Crippen molar-refractivity contribution in [3.63, 3.8) is 0 Å². The number of hydrogen-bond donors (Lipinski definition) is 0. The van der Waals surface area contributed by atoms with E-state index in [-0.39, 0.29) is 0 Å². The lowest BCUT2D eigenvalue weighted by molar-refractivity contribution is 0.0729. The van der Waals surface area contributed by atoms with Crippen molar-refractivity contribution in [2.45, 2.75) is 26.7 Å². The molecule has 2 aliphatic rings. The van der Waals surface area contributed by atoms with E-state index in [1.165, 1.54) is 0 Å². The van der Waals surface area contributed by atoms with Gasteiger partial charge in [-0.25, -0.2) is 0 Å². The lowest BCUT2D eigenvalue weighted by Crippen LogP contribution is -1.88. The zero-order valence-electron chi connectivity index (χ0n) is 7.09. The maximum absolute atomic E-state index is 5.16. The predicted octanol–water partition coefficient (Wildman–Crippen LogP) is 2.58. The maximum atomic E-state index is 5.16. The molecule has 2 heteroatoms. The average molecular weight is 154 g/mol. The SMILES string of the molecule is C1=CC2=C(CC1)OCO2.CC. The van der Waals surface area contributed by atoms with E-state index in [1.54, 1.807) is 0 Å². The second-order valence-electron chi connectivity index (χ2n) is 2.13. The van der Waals surface area contributed by atoms with Gasteiger partial charge in [0.1, 0.15) is 5.76 Å². The molecule has 0 fully saturated rings. The Morgan fingerprint density at radius 2 is 2.09 bits per heavy atom. The van der Waals surface area contributed by atoms with E-state index in [9.17, 15) is 0 Å². The van der Waals surface area contributed by atoms with Crippen molar-refractivity contribution in [1.29, 1.82) is 0 Å². The van der Waals surface area contributed by atoms with Crippen LogP contribution in [0.2, 0.25) is 0 Å². The molecule has 0 saturated heterocycles. The monoisotopic (exact) mass is 154 g/mol. The largest absolute Gasteiger partial charge is 0.458 e. The fourth-order valence-electron chi connectivity index (χ4n) is 1.06. The van der Waals surface area contributed by atoms with Crippen LogP contribution < -0.4 is 0 Å². The van der Waals surface area contributed by atoms with Crippen molar-refractivity contribution >= 4 is 0 Å². The normalized spacial score (nSPS) is 19.5. The van der Waals surface area contributed by atoms with Crippen LogP contribution >= 0.6 is 0 Å². The summed E-state index contributed by atoms with van der Waals surface area (Å²) in [6.07, 6.45) is 6.17. The van der Waals surface area contributed by atoms with E-state index in [2.05, 4.69) is 6.08 Å². The molecule has 0 amide bonds. The van der Waals surface area contributed by atoms with Crippen LogP contribution in [0.1, 0.15) is 26.7 Å². The molecule has 2 rings (SSSR count). The van der Waals surface area contributed by atoms with Crippen LogP contribution in [0.15, 0.2) is 23.7 Å². The number of hydrogen-bond acceptors (Lipinski definition) is 2. The summed E-state index contributed by atoms with van der Waals surface area (Å²) in [6.45, 7) is 4.41. The first-order chi connectivity index (χ1) is 5.47. The first-order valence-electron chi connectivity index (χ1n) is 4.12. The highest BCUT2D eigenvalue weighted by Gasteiger charge is 2.16. The van der Waals surface area contributed by atoms with Crippen LogP contribution in [-0.2, 0) is 9.47 Å². The molecule has 1 aliphatic carbocycles. The molecule has 0 N–H and O–H groups in total. The van der Waals surface area contributed by atoms with E-state index >= 15 is 0 Å². The van der Waals surface area contributed by atoms with Gasteiger partial charge in [-0.1, -0.05) is 19.9 Å². The number of ether oxygens (including phenoxy) is 2. The summed E-state index contributed by atoms with van der Waals surface area (Å²) in [4.78, 5) is 0. The molecule has 1 aliphatic heterocycles. The third kappa shape index (κ3) is 1.76. The summed E-state index contributed by atoms with van der Waals surface area (Å²) in [5, 5.41) is 0. The highest BCUT2D eigenvalue weighted by atomic mass is 16.7. The number of allylic oxidation sites excluding steroid dienone is 3. The van der Waals surface area contributed by atoms with Crippen LogP contribution in [0.4, 0.5) is 0 Å². The Labute approximate surface area is 67.5 Å². The Morgan fingerprint density at radius 1 is 1.27 bits per heavy atom. The van der Waals surface area contributed by atoms with E-state index < -0.39 is 0 Å². The maximum Gasteiger partial charge on any atom is 0.230 e. The van der Waals surface area contributed by atoms with Crippen molar-refractivity contribution in [3.05, 3.63) is 23.7 Å². The molecule has 0 spiro atoms. The van der Waals surface area contributed by atoms with Gasteiger partial charge in [-0.3, -0.25) is 0 Å². The molecule has 0 aromatic heterocycles. The predicted molar refractivity (Wildman–Crippen MR) is 43.8 cm³/mol. The Morgan fingerprint density at radius 3 is 2.82 bits per heavy atom. The van der Waals surface area contributed by atoms with Gasteiger partial charge in [0.25, 0.3) is 0 Å². The molecule has 0 unspecified atom stereocenters. The second kappa shape index (κ2) is 4.06. The Kier molecular flexibility index (Phi) is 3.02. The van der Waals surface area contributed by atoms with Crippen LogP contribution in [0, 0.1) is 0 Å². The quantitative estimate of drug-likeness (QED) is 0.534. The van der Waals surface area contributed by atoms with E-state index in [0.717, 1.165) is 24.4 Å². The van der Waals surface area contributed by atoms with Crippen LogP contribution in [0.3, 0.4) is 0 Å². The van der Waals surface area contributed by atoms with Gasteiger partial charge in [-0.15, -0.1) is 0 Å². The van der Waals surface area contributed by atoms with E-state index in [0.29, 0.717) is 6.79 Å². The van der Waals surface area contributed by atoms with Gasteiger partial charge in [0.2, 0.25) is 6.79 Å². The Bertz CT molecular complexity index is 180. The van der Waals surface area contributed by atoms with Crippen LogP contribution in [0.5, 0.6) is 0 Å². The molecule has 11 heavy (non-hydrogen) atoms. The Hall–Kier alpha value is -0.920. The van der Waals surface area contributed by atoms with Gasteiger partial charge in [-0.2, -0.15) is 0 Å². The highest BCUT2D eigenvalue weighted by Crippen LogP contribution is 2.25. The van der Waals surface area contributed by atoms with Crippen molar-refractivity contribution in [3.8, 4) is 0 Å². The lowest BCUT2D eigenvalue weighted by Gasteiger charge is -2.01. The van der Waals surface area contributed by atoms with Gasteiger partial charge >= 0.3 is 0 Å². The molecule has 2 nitrogen and oxygen atoms in total. The van der Waals surface area contributed by atoms with Gasteiger partial charge in [0.05, 0.1) is 0 Å². The minimum absolute atomic E-state index is 0.412. The number of rotatable bonds is 0. The molecular formula is C9H14O2. The fraction of sp³-hybridized carbons (Fsp3) is 0.556. The van der Waals surface area contributed by atoms with Gasteiger partial charge in [0, 0.05) is 6.42 Å². The van der Waals surface area contributed by atoms with Gasteiger partial charge in [0.15, 0.2) is 5.76 Å². The summed E-state index contributed by atoms with van der Waals surface area (Å²) in [5.74, 6) is 1.96. The van der Waals surface area contributed by atoms with Crippen LogP contribution in [-0.4, -0.2) is 6.79 Å². The van der Waals surface area contributed by atoms with E-state index in [4.69, 9.17) is 9.47 Å². The molecule has 62 valence electrons. The Balaban J connectivity index is 0.000000281. The third-order valence-electron chi connectivity index (χ3n) is 1.53. The molecule has 0 atom stereocenters. The zero-order chi connectivity index (χ0) is 8.10. The highest BCUT2D eigenvalue weighted by molar-refractivity contribution is 5.22. The molecule has 1 heterocycles. The van der Waals surface area contributed by atoms with Gasteiger partial charge < -0.3 is 9.47 Å². The summed E-state index contributed by atoms with van der Waals surface area (Å²) in [6, 6.07) is 0. The summed E-state index contributed by atoms with van der Waals surface area (Å²) in [5.41, 5.74) is 0. The average Bonchev–Trinajstić information content (AvgIpc) is 2.55. The van der Waals surface area contributed by atoms with E-state index in [1.807, 2.05) is 19.9 Å². The fourth-order valence-corrected chi connectivity index (χ4v) is 1.06. The lowest BCUT2D eigenvalue weighted by atomic mass is 10.1. The zero-order valence-corrected chi connectivity index (χ0v) is 7.09. The van der Waals surface area contributed by atoms with Crippen molar-refractivity contribution in [1.82, 2.24) is 0 Å². The summed E-state index contributed by atoms with van der Waals surface area (Å²) >= 11 is 0. The molecule has 0 aromatic carbocycles. The molecule has 0 saturated carbocycles. The third-order valence-corrected chi connectivity index (χ3v) is 1.53. The molecular weight excluding hydrogens is 140 g/mol. The smallest absolute Gasteiger partial charge is 0.230 e. The standard InChI is InChI=1S/C7H8O2.C2H6/c1-2-4-7-6(3-1)8-5-9-7;1-2/h1,3H,2,4-5H2;1-2H3. The molecule has 0 bridgehead atoms. The summed E-state index contributed by atoms with van der Waals surface area (Å²) < 4.78 is 10.3. The van der Waals surface area contributed by atoms with Crippen molar-refractivity contribution < 1.29 is 9.47 Å². The molecule has 0 aromatic rings. The molecule has 0 radical (unpaired) electrons. The summed E-state index contributed by atoms with van der Waals surface area (Å²) in [7, 11) is 0. The van der Waals surface area contributed by atoms with Crippen molar-refractivity contribution in [2.24, 2.45) is 0 Å². The minimum atomic E-state index is 0.412. The van der Waals surface area contributed by atoms with Crippen LogP contribution in [0.25, 0.3) is 0 Å². The van der Waals surface area contributed by atoms with Gasteiger partial charge in [-0.05, 0) is 12.5 Å². The second-order valence-corrected chi connectivity index (χ2v) is 2.13.